The van der Waals surface area contributed by atoms with Gasteiger partial charge in [-0.3, -0.25) is 9.59 Å². The first-order valence-electron chi connectivity index (χ1n) is 9.45. The van der Waals surface area contributed by atoms with E-state index >= 15 is 0 Å². The highest BCUT2D eigenvalue weighted by atomic mass is 32.2. The number of thioether (sulfide) groups is 1. The number of hydrogen-bond acceptors (Lipinski definition) is 5. The number of nitrogens with zero attached hydrogens (tertiary/aromatic N) is 1. The summed E-state index contributed by atoms with van der Waals surface area (Å²) in [7, 11) is 0. The molecule has 2 N–H and O–H groups in total. The second-order valence-corrected chi connectivity index (χ2v) is 10.3. The lowest BCUT2D eigenvalue weighted by atomic mass is 9.88. The molecule has 7 heteroatoms. The molecule has 0 bridgehead atoms. The first-order chi connectivity index (χ1) is 12.8. The summed E-state index contributed by atoms with van der Waals surface area (Å²) >= 11 is 3.00. The predicted octanol–water partition coefficient (Wildman–Crippen LogP) is 4.82. The van der Waals surface area contributed by atoms with Crippen LogP contribution in [0, 0.1) is 5.92 Å². The number of amides is 2. The van der Waals surface area contributed by atoms with Crippen LogP contribution in [0.4, 0.5) is 5.69 Å². The van der Waals surface area contributed by atoms with Gasteiger partial charge in [0.05, 0.1) is 16.0 Å². The summed E-state index contributed by atoms with van der Waals surface area (Å²) in [5.74, 6) is 0.630. The zero-order valence-electron chi connectivity index (χ0n) is 16.1. The second kappa shape index (κ2) is 8.61. The number of carbonyl (C=O) groups is 2. The van der Waals surface area contributed by atoms with E-state index in [2.05, 4.69) is 15.6 Å². The minimum Gasteiger partial charge on any atom is -0.351 e. The number of rotatable bonds is 5. The van der Waals surface area contributed by atoms with Gasteiger partial charge in [0, 0.05) is 17.1 Å². The Morgan fingerprint density at radius 3 is 2.67 bits per heavy atom. The van der Waals surface area contributed by atoms with Gasteiger partial charge < -0.3 is 10.6 Å². The Morgan fingerprint density at radius 1 is 1.22 bits per heavy atom. The van der Waals surface area contributed by atoms with Gasteiger partial charge in [-0.25, -0.2) is 4.98 Å². The topological polar surface area (TPSA) is 71.1 Å². The largest absolute Gasteiger partial charge is 0.351 e. The number of anilines is 1. The fourth-order valence-electron chi connectivity index (χ4n) is 3.23. The Kier molecular flexibility index (Phi) is 6.42. The molecular weight excluding hydrogens is 378 g/mol. The van der Waals surface area contributed by atoms with Gasteiger partial charge in [-0.05, 0) is 51.8 Å². The highest BCUT2D eigenvalue weighted by Gasteiger charge is 2.21. The molecule has 1 saturated carbocycles. The van der Waals surface area contributed by atoms with Crippen molar-refractivity contribution in [3.63, 3.8) is 0 Å². The zero-order chi connectivity index (χ0) is 19.4. The molecule has 0 aliphatic heterocycles. The first-order valence-corrected chi connectivity index (χ1v) is 11.3. The van der Waals surface area contributed by atoms with Gasteiger partial charge in [0.25, 0.3) is 0 Å². The maximum atomic E-state index is 12.4. The molecule has 2 aromatic rings. The third-order valence-corrected chi connectivity index (χ3v) is 6.61. The molecule has 1 aliphatic rings. The van der Waals surface area contributed by atoms with Crippen molar-refractivity contribution in [2.75, 3.05) is 11.1 Å². The lowest BCUT2D eigenvalue weighted by Gasteiger charge is -2.20. The molecule has 1 aromatic heterocycles. The third kappa shape index (κ3) is 5.94. The summed E-state index contributed by atoms with van der Waals surface area (Å²) in [4.78, 5) is 29.0. The molecule has 0 atom stereocenters. The number of thiazole rings is 1. The van der Waals surface area contributed by atoms with E-state index in [1.165, 1.54) is 18.2 Å². The molecule has 0 spiro atoms. The van der Waals surface area contributed by atoms with E-state index < -0.39 is 0 Å². The van der Waals surface area contributed by atoms with Crippen LogP contribution in [0.2, 0.25) is 0 Å². The molecule has 5 nitrogen and oxygen atoms in total. The van der Waals surface area contributed by atoms with Gasteiger partial charge in [-0.2, -0.15) is 0 Å². The summed E-state index contributed by atoms with van der Waals surface area (Å²) in [6.07, 6.45) is 5.52. The van der Waals surface area contributed by atoms with E-state index in [9.17, 15) is 9.59 Å². The number of aromatic nitrogens is 1. The average molecular weight is 406 g/mol. The second-order valence-electron chi connectivity index (χ2n) is 8.07. The first kappa shape index (κ1) is 20.1. The standard InChI is InChI=1S/C20H27N3O2S2/c1-20(2,3)23-17(24)12-26-19-22-15-10-9-14(11-16(15)27-19)21-18(25)13-7-5-4-6-8-13/h9-11,13H,4-8,12H2,1-3H3,(H,21,25)(H,23,24). The Hall–Kier alpha value is -1.60. The molecule has 0 radical (unpaired) electrons. The monoisotopic (exact) mass is 405 g/mol. The lowest BCUT2D eigenvalue weighted by molar-refractivity contribution is -0.121. The fourth-order valence-corrected chi connectivity index (χ4v) is 5.14. The van der Waals surface area contributed by atoms with Gasteiger partial charge in [0.15, 0.2) is 4.34 Å². The normalized spacial score (nSPS) is 15.7. The van der Waals surface area contributed by atoms with Crippen LogP contribution in [0.1, 0.15) is 52.9 Å². The third-order valence-electron chi connectivity index (χ3n) is 4.45. The van der Waals surface area contributed by atoms with E-state index in [1.807, 2.05) is 39.0 Å². The van der Waals surface area contributed by atoms with Crippen LogP contribution in [0.3, 0.4) is 0 Å². The van der Waals surface area contributed by atoms with Gasteiger partial charge in [-0.15, -0.1) is 11.3 Å². The van der Waals surface area contributed by atoms with Crippen molar-refractivity contribution in [3.05, 3.63) is 18.2 Å². The van der Waals surface area contributed by atoms with Crippen LogP contribution in [0.5, 0.6) is 0 Å². The van der Waals surface area contributed by atoms with Crippen LogP contribution in [-0.4, -0.2) is 28.1 Å². The molecule has 2 amide bonds. The summed E-state index contributed by atoms with van der Waals surface area (Å²) in [5.41, 5.74) is 1.49. The number of carbonyl (C=O) groups excluding carboxylic acids is 2. The van der Waals surface area contributed by atoms with E-state index in [0.29, 0.717) is 5.75 Å². The van der Waals surface area contributed by atoms with Crippen LogP contribution >= 0.6 is 23.1 Å². The van der Waals surface area contributed by atoms with Gasteiger partial charge in [-0.1, -0.05) is 31.0 Å². The molecule has 0 unspecified atom stereocenters. The van der Waals surface area contributed by atoms with Gasteiger partial charge in [0.2, 0.25) is 11.8 Å². The minimum atomic E-state index is -0.226. The summed E-state index contributed by atoms with van der Waals surface area (Å²) < 4.78 is 1.89. The predicted molar refractivity (Wildman–Crippen MR) is 113 cm³/mol. The molecule has 3 rings (SSSR count). The van der Waals surface area contributed by atoms with Crippen molar-refractivity contribution < 1.29 is 9.59 Å². The van der Waals surface area contributed by atoms with E-state index in [4.69, 9.17) is 0 Å². The van der Waals surface area contributed by atoms with Crippen molar-refractivity contribution in [1.82, 2.24) is 10.3 Å². The summed E-state index contributed by atoms with van der Waals surface area (Å²) in [6, 6.07) is 5.82. The van der Waals surface area contributed by atoms with Crippen LogP contribution < -0.4 is 10.6 Å². The quantitative estimate of drug-likeness (QED) is 0.700. The molecule has 1 fully saturated rings. The number of fused-ring (bicyclic) bond motifs is 1. The van der Waals surface area contributed by atoms with E-state index in [0.717, 1.165) is 45.9 Å². The van der Waals surface area contributed by atoms with Gasteiger partial charge in [0.1, 0.15) is 0 Å². The van der Waals surface area contributed by atoms with Crippen molar-refractivity contribution >= 4 is 50.8 Å². The SMILES string of the molecule is CC(C)(C)NC(=O)CSc1nc2ccc(NC(=O)C3CCCCC3)cc2s1. The average Bonchev–Trinajstić information content (AvgIpc) is 3.01. The number of hydrogen-bond donors (Lipinski definition) is 2. The molecule has 1 aromatic carbocycles. The van der Waals surface area contributed by atoms with Crippen molar-refractivity contribution in [2.24, 2.45) is 5.92 Å². The molecule has 146 valence electrons. The molecule has 1 heterocycles. The zero-order valence-corrected chi connectivity index (χ0v) is 17.8. The van der Waals surface area contributed by atoms with Crippen molar-refractivity contribution in [1.29, 1.82) is 0 Å². The molecule has 0 saturated heterocycles. The highest BCUT2D eigenvalue weighted by Crippen LogP contribution is 2.32. The summed E-state index contributed by atoms with van der Waals surface area (Å²) in [6.45, 7) is 5.91. The lowest BCUT2D eigenvalue weighted by Crippen LogP contribution is -2.41. The van der Waals surface area contributed by atoms with Gasteiger partial charge >= 0.3 is 0 Å². The Bertz CT molecular complexity index is 820. The number of benzene rings is 1. The molecule has 27 heavy (non-hydrogen) atoms. The van der Waals surface area contributed by atoms with Crippen LogP contribution in [0.25, 0.3) is 10.2 Å². The Labute approximate surface area is 168 Å². The van der Waals surface area contributed by atoms with Crippen molar-refractivity contribution in [3.8, 4) is 0 Å². The minimum absolute atomic E-state index is 0.00666. The Morgan fingerprint density at radius 2 is 1.96 bits per heavy atom. The van der Waals surface area contributed by atoms with Crippen LogP contribution in [-0.2, 0) is 9.59 Å². The van der Waals surface area contributed by atoms with E-state index in [1.54, 1.807) is 11.3 Å². The molecular formula is C20H27N3O2S2. The molecule has 1 aliphatic carbocycles. The maximum Gasteiger partial charge on any atom is 0.230 e. The fraction of sp³-hybridized carbons (Fsp3) is 0.550. The Balaban J connectivity index is 1.61. The highest BCUT2D eigenvalue weighted by molar-refractivity contribution is 8.01. The maximum absolute atomic E-state index is 12.4. The van der Waals surface area contributed by atoms with Crippen LogP contribution in [0.15, 0.2) is 22.5 Å². The summed E-state index contributed by atoms with van der Waals surface area (Å²) in [5, 5.41) is 6.01. The smallest absolute Gasteiger partial charge is 0.230 e. The van der Waals surface area contributed by atoms with Crippen molar-refractivity contribution in [2.45, 2.75) is 62.8 Å². The number of nitrogens with one attached hydrogen (secondary N) is 2. The van der Waals surface area contributed by atoms with E-state index in [-0.39, 0.29) is 23.3 Å².